The molecule has 0 spiro atoms. The Morgan fingerprint density at radius 1 is 1.17 bits per heavy atom. The van der Waals surface area contributed by atoms with Crippen molar-refractivity contribution in [2.45, 2.75) is 0 Å². The van der Waals surface area contributed by atoms with Gasteiger partial charge in [0.2, 0.25) is 0 Å². The van der Waals surface area contributed by atoms with E-state index in [0.29, 0.717) is 18.8 Å². The molecule has 18 heavy (non-hydrogen) atoms. The number of pyridine rings is 1. The first-order chi connectivity index (χ1) is 8.75. The number of aromatic carboxylic acids is 1. The first kappa shape index (κ1) is 11.1. The minimum atomic E-state index is -0.904. The number of aromatic nitrogens is 1. The molecule has 5 nitrogen and oxygen atoms in total. The highest BCUT2D eigenvalue weighted by atomic mass is 16.5. The maximum absolute atomic E-state index is 11.0. The van der Waals surface area contributed by atoms with Crippen LogP contribution in [0.5, 0.6) is 0 Å². The fourth-order valence-corrected chi connectivity index (χ4v) is 2.26. The van der Waals surface area contributed by atoms with E-state index in [-0.39, 0.29) is 0 Å². The highest BCUT2D eigenvalue weighted by molar-refractivity contribution is 5.88. The summed E-state index contributed by atoms with van der Waals surface area (Å²) in [5.74, 6) is 0.120. The van der Waals surface area contributed by atoms with Crippen LogP contribution in [0.25, 0.3) is 5.52 Å². The number of carbonyl (C=O) groups is 1. The summed E-state index contributed by atoms with van der Waals surface area (Å²) in [6.07, 6.45) is 1.67. The van der Waals surface area contributed by atoms with Crippen LogP contribution < -0.4 is 4.90 Å². The zero-order valence-corrected chi connectivity index (χ0v) is 9.87. The van der Waals surface area contributed by atoms with Gasteiger partial charge in [0, 0.05) is 24.8 Å². The van der Waals surface area contributed by atoms with Gasteiger partial charge in [-0.25, -0.2) is 4.79 Å². The van der Waals surface area contributed by atoms with Crippen LogP contribution in [0.4, 0.5) is 5.82 Å². The van der Waals surface area contributed by atoms with E-state index in [1.54, 1.807) is 12.3 Å². The van der Waals surface area contributed by atoms with Crippen molar-refractivity contribution in [3.05, 3.63) is 36.0 Å². The van der Waals surface area contributed by atoms with Crippen LogP contribution in [-0.4, -0.2) is 41.8 Å². The Balaban J connectivity index is 2.05. The lowest BCUT2D eigenvalue weighted by atomic mass is 10.3. The van der Waals surface area contributed by atoms with Gasteiger partial charge < -0.3 is 19.1 Å². The number of fused-ring (bicyclic) bond motifs is 1. The van der Waals surface area contributed by atoms with Crippen LogP contribution in [0, 0.1) is 0 Å². The molecule has 1 N–H and O–H groups in total. The third-order valence-electron chi connectivity index (χ3n) is 3.21. The smallest absolute Gasteiger partial charge is 0.337 e. The number of nitrogens with zero attached hydrogens (tertiary/aromatic N) is 2. The molecule has 0 radical (unpaired) electrons. The van der Waals surface area contributed by atoms with E-state index in [1.807, 2.05) is 22.6 Å². The largest absolute Gasteiger partial charge is 0.478 e. The molecule has 1 aliphatic rings. The zero-order chi connectivity index (χ0) is 12.5. The summed E-state index contributed by atoms with van der Waals surface area (Å²) >= 11 is 0. The van der Waals surface area contributed by atoms with Gasteiger partial charge >= 0.3 is 5.97 Å². The Bertz CT molecular complexity index is 585. The van der Waals surface area contributed by atoms with E-state index >= 15 is 0 Å². The molecule has 1 fully saturated rings. The molecular formula is C13H14N2O3. The van der Waals surface area contributed by atoms with Crippen LogP contribution in [0.2, 0.25) is 0 Å². The lowest BCUT2D eigenvalue weighted by Crippen LogP contribution is -2.36. The van der Waals surface area contributed by atoms with Gasteiger partial charge in [0.05, 0.1) is 18.8 Å². The molecular weight excluding hydrogens is 232 g/mol. The molecule has 5 heteroatoms. The molecule has 1 aliphatic heterocycles. The molecule has 2 aromatic heterocycles. The quantitative estimate of drug-likeness (QED) is 0.872. The SMILES string of the molecule is O=C(O)c1ccc2ccc(N3CCOCC3)n2c1. The van der Waals surface area contributed by atoms with Crippen LogP contribution >= 0.6 is 0 Å². The van der Waals surface area contributed by atoms with Gasteiger partial charge in [0.25, 0.3) is 0 Å². The second-order valence-electron chi connectivity index (χ2n) is 4.31. The number of anilines is 1. The highest BCUT2D eigenvalue weighted by Gasteiger charge is 2.15. The Hall–Kier alpha value is -2.01. The van der Waals surface area contributed by atoms with Gasteiger partial charge in [-0.1, -0.05) is 0 Å². The molecule has 0 bridgehead atoms. The van der Waals surface area contributed by atoms with Crippen molar-refractivity contribution in [3.63, 3.8) is 0 Å². The van der Waals surface area contributed by atoms with E-state index in [9.17, 15) is 4.79 Å². The number of ether oxygens (including phenoxy) is 1. The van der Waals surface area contributed by atoms with Gasteiger partial charge in [0.15, 0.2) is 0 Å². The van der Waals surface area contributed by atoms with Crippen LogP contribution in [-0.2, 0) is 4.74 Å². The normalized spacial score (nSPS) is 16.1. The Kier molecular flexibility index (Phi) is 2.68. The zero-order valence-electron chi connectivity index (χ0n) is 9.87. The fourth-order valence-electron chi connectivity index (χ4n) is 2.26. The monoisotopic (exact) mass is 246 g/mol. The van der Waals surface area contributed by atoms with Crippen LogP contribution in [0.1, 0.15) is 10.4 Å². The van der Waals surface area contributed by atoms with Gasteiger partial charge in [0.1, 0.15) is 5.82 Å². The molecule has 0 atom stereocenters. The minimum absolute atomic E-state index is 0.299. The summed E-state index contributed by atoms with van der Waals surface area (Å²) in [5, 5.41) is 9.04. The van der Waals surface area contributed by atoms with Crippen molar-refractivity contribution < 1.29 is 14.6 Å². The van der Waals surface area contributed by atoms with Crippen LogP contribution in [0.15, 0.2) is 30.5 Å². The summed E-state index contributed by atoms with van der Waals surface area (Å²) in [6.45, 7) is 3.10. The van der Waals surface area contributed by atoms with Crippen molar-refractivity contribution in [1.82, 2.24) is 4.40 Å². The van der Waals surface area contributed by atoms with Crippen molar-refractivity contribution in [1.29, 1.82) is 0 Å². The van der Waals surface area contributed by atoms with Crippen molar-refractivity contribution in [3.8, 4) is 0 Å². The summed E-state index contributed by atoms with van der Waals surface area (Å²) in [4.78, 5) is 13.2. The first-order valence-corrected chi connectivity index (χ1v) is 5.93. The standard InChI is InChI=1S/C13H14N2O3/c16-13(17)10-1-2-11-3-4-12(15(11)9-10)14-5-7-18-8-6-14/h1-4,9H,5-8H2,(H,16,17). The number of carboxylic acid groups (broad SMARTS) is 1. The summed E-state index contributed by atoms with van der Waals surface area (Å²) in [7, 11) is 0. The Morgan fingerprint density at radius 2 is 1.89 bits per heavy atom. The number of hydrogen-bond donors (Lipinski definition) is 1. The predicted octanol–water partition coefficient (Wildman–Crippen LogP) is 1.47. The Labute approximate surface area is 104 Å². The van der Waals surface area contributed by atoms with E-state index < -0.39 is 5.97 Å². The minimum Gasteiger partial charge on any atom is -0.478 e. The number of carboxylic acids is 1. The van der Waals surface area contributed by atoms with Crippen molar-refractivity contribution >= 4 is 17.3 Å². The average molecular weight is 246 g/mol. The van der Waals surface area contributed by atoms with E-state index in [1.165, 1.54) is 0 Å². The summed E-state index contributed by atoms with van der Waals surface area (Å²) in [5.41, 5.74) is 1.30. The third kappa shape index (κ3) is 1.82. The maximum atomic E-state index is 11.0. The van der Waals surface area contributed by atoms with E-state index in [2.05, 4.69) is 4.90 Å². The molecule has 2 aromatic rings. The van der Waals surface area contributed by atoms with E-state index in [4.69, 9.17) is 9.84 Å². The molecule has 0 amide bonds. The predicted molar refractivity (Wildman–Crippen MR) is 67.4 cm³/mol. The van der Waals surface area contributed by atoms with Crippen molar-refractivity contribution in [2.24, 2.45) is 0 Å². The molecule has 0 aromatic carbocycles. The first-order valence-electron chi connectivity index (χ1n) is 5.93. The van der Waals surface area contributed by atoms with Gasteiger partial charge in [-0.3, -0.25) is 0 Å². The van der Waals surface area contributed by atoms with Gasteiger partial charge in [-0.2, -0.15) is 0 Å². The molecule has 0 saturated carbocycles. The number of morpholine rings is 1. The second-order valence-corrected chi connectivity index (χ2v) is 4.31. The number of rotatable bonds is 2. The molecule has 3 heterocycles. The fraction of sp³-hybridized carbons (Fsp3) is 0.308. The molecule has 0 aliphatic carbocycles. The average Bonchev–Trinajstić information content (AvgIpc) is 2.82. The second kappa shape index (κ2) is 4.34. The number of hydrogen-bond acceptors (Lipinski definition) is 3. The highest BCUT2D eigenvalue weighted by Crippen LogP contribution is 2.21. The lowest BCUT2D eigenvalue weighted by molar-refractivity contribution is 0.0696. The molecule has 0 unspecified atom stereocenters. The van der Waals surface area contributed by atoms with Crippen molar-refractivity contribution in [2.75, 3.05) is 31.2 Å². The topological polar surface area (TPSA) is 54.2 Å². The maximum Gasteiger partial charge on any atom is 0.337 e. The third-order valence-corrected chi connectivity index (χ3v) is 3.21. The van der Waals surface area contributed by atoms with E-state index in [0.717, 1.165) is 24.4 Å². The summed E-state index contributed by atoms with van der Waals surface area (Å²) in [6, 6.07) is 7.47. The Morgan fingerprint density at radius 3 is 2.61 bits per heavy atom. The molecule has 94 valence electrons. The van der Waals surface area contributed by atoms with Gasteiger partial charge in [-0.15, -0.1) is 0 Å². The summed E-state index contributed by atoms with van der Waals surface area (Å²) < 4.78 is 7.25. The van der Waals surface area contributed by atoms with Gasteiger partial charge in [-0.05, 0) is 24.3 Å². The van der Waals surface area contributed by atoms with Crippen LogP contribution in [0.3, 0.4) is 0 Å². The lowest BCUT2D eigenvalue weighted by Gasteiger charge is -2.28. The molecule has 3 rings (SSSR count). The molecule has 1 saturated heterocycles.